The van der Waals surface area contributed by atoms with Crippen molar-refractivity contribution in [3.05, 3.63) is 58.5 Å². The van der Waals surface area contributed by atoms with E-state index in [-0.39, 0.29) is 36.8 Å². The quantitative estimate of drug-likeness (QED) is 0.525. The summed E-state index contributed by atoms with van der Waals surface area (Å²) in [6, 6.07) is 12.7. The Bertz CT molecular complexity index is 918. The first kappa shape index (κ1) is 18.3. The maximum Gasteiger partial charge on any atom is 0.325 e. The van der Waals surface area contributed by atoms with Crippen molar-refractivity contribution in [1.29, 1.82) is 0 Å². The summed E-state index contributed by atoms with van der Waals surface area (Å²) in [5.41, 5.74) is 6.45. The molecule has 4 N–H and O–H groups in total. The van der Waals surface area contributed by atoms with E-state index < -0.39 is 5.97 Å². The normalized spacial score (nSPS) is 10.2. The summed E-state index contributed by atoms with van der Waals surface area (Å²) < 4.78 is 5.07. The van der Waals surface area contributed by atoms with Crippen molar-refractivity contribution in [1.82, 2.24) is 20.3 Å². The number of hydrogen-bond donors (Lipinski definition) is 3. The van der Waals surface area contributed by atoms with Crippen molar-refractivity contribution in [3.8, 4) is 0 Å². The first-order valence-electron chi connectivity index (χ1n) is 7.90. The lowest BCUT2D eigenvalue weighted by molar-refractivity contribution is -0.143. The zero-order chi connectivity index (χ0) is 19.1. The van der Waals surface area contributed by atoms with Gasteiger partial charge in [-0.3, -0.25) is 9.59 Å². The van der Waals surface area contributed by atoms with Gasteiger partial charge in [0, 0.05) is 5.69 Å². The van der Waals surface area contributed by atoms with E-state index in [2.05, 4.69) is 25.6 Å². The van der Waals surface area contributed by atoms with Gasteiger partial charge in [-0.1, -0.05) is 24.3 Å². The molecule has 0 saturated heterocycles. The van der Waals surface area contributed by atoms with Crippen molar-refractivity contribution in [2.45, 2.75) is 6.61 Å². The lowest BCUT2D eigenvalue weighted by Crippen LogP contribution is -2.30. The minimum Gasteiger partial charge on any atom is -0.456 e. The number of nitrogens with two attached hydrogens (primary N) is 1. The lowest BCUT2D eigenvalue weighted by Gasteiger charge is -2.08. The summed E-state index contributed by atoms with van der Waals surface area (Å²) in [4.78, 5) is 36.2. The fourth-order valence-corrected chi connectivity index (χ4v) is 2.69. The highest BCUT2D eigenvalue weighted by Gasteiger charge is 2.11. The largest absolute Gasteiger partial charge is 0.456 e. The van der Waals surface area contributed by atoms with Crippen LogP contribution >= 0.6 is 11.3 Å². The van der Waals surface area contributed by atoms with Crippen LogP contribution in [0.1, 0.15) is 15.5 Å². The van der Waals surface area contributed by atoms with Crippen LogP contribution < -0.4 is 16.4 Å². The summed E-state index contributed by atoms with van der Waals surface area (Å²) in [5, 5.41) is 7.25. The third kappa shape index (κ3) is 5.47. The van der Waals surface area contributed by atoms with Crippen LogP contribution in [0.5, 0.6) is 0 Å². The van der Waals surface area contributed by atoms with Crippen LogP contribution in [0.25, 0.3) is 0 Å². The number of anilines is 3. The summed E-state index contributed by atoms with van der Waals surface area (Å²) in [5.74, 6) is -0.512. The van der Waals surface area contributed by atoms with E-state index in [1.54, 1.807) is 17.5 Å². The summed E-state index contributed by atoms with van der Waals surface area (Å²) >= 11 is 1.28. The van der Waals surface area contributed by atoms with Crippen LogP contribution in [0.15, 0.2) is 47.8 Å². The Labute approximate surface area is 158 Å². The van der Waals surface area contributed by atoms with Gasteiger partial charge < -0.3 is 21.1 Å². The SMILES string of the molecule is Nc1nc(COC(=O)CNC(=O)c2cccs2)nc(Nc2ccccc2)n1. The predicted molar refractivity (Wildman–Crippen MR) is 100 cm³/mol. The number of thiophene rings is 1. The van der Waals surface area contributed by atoms with Crippen molar-refractivity contribution in [3.63, 3.8) is 0 Å². The Morgan fingerprint density at radius 2 is 1.89 bits per heavy atom. The molecular weight excluding hydrogens is 368 g/mol. The van der Waals surface area contributed by atoms with Gasteiger partial charge in [0.2, 0.25) is 11.9 Å². The van der Waals surface area contributed by atoms with Gasteiger partial charge >= 0.3 is 5.97 Å². The van der Waals surface area contributed by atoms with E-state index in [4.69, 9.17) is 10.5 Å². The number of amides is 1. The van der Waals surface area contributed by atoms with Gasteiger partial charge in [-0.15, -0.1) is 11.3 Å². The Morgan fingerprint density at radius 1 is 1.07 bits per heavy atom. The number of benzene rings is 1. The molecule has 27 heavy (non-hydrogen) atoms. The summed E-state index contributed by atoms with van der Waals surface area (Å²) in [7, 11) is 0. The monoisotopic (exact) mass is 384 g/mol. The second-order valence-corrected chi connectivity index (χ2v) is 6.19. The molecule has 0 saturated carbocycles. The van der Waals surface area contributed by atoms with Crippen LogP contribution in [-0.2, 0) is 16.1 Å². The average molecular weight is 384 g/mol. The Kier molecular flexibility index (Phi) is 5.90. The molecule has 1 amide bonds. The molecule has 0 aliphatic heterocycles. The highest BCUT2D eigenvalue weighted by Crippen LogP contribution is 2.13. The van der Waals surface area contributed by atoms with Crippen molar-refractivity contribution in [2.24, 2.45) is 0 Å². The highest BCUT2D eigenvalue weighted by molar-refractivity contribution is 7.12. The van der Waals surface area contributed by atoms with Crippen molar-refractivity contribution >= 4 is 40.8 Å². The Balaban J connectivity index is 1.52. The molecule has 138 valence electrons. The van der Waals surface area contributed by atoms with Crippen LogP contribution in [0.2, 0.25) is 0 Å². The number of carbonyl (C=O) groups excluding carboxylic acids is 2. The first-order valence-corrected chi connectivity index (χ1v) is 8.78. The smallest absolute Gasteiger partial charge is 0.325 e. The van der Waals surface area contributed by atoms with Crippen molar-refractivity contribution in [2.75, 3.05) is 17.6 Å². The zero-order valence-electron chi connectivity index (χ0n) is 14.1. The number of aromatic nitrogens is 3. The number of para-hydroxylation sites is 1. The number of rotatable bonds is 7. The maximum atomic E-state index is 11.8. The number of hydrogen-bond acceptors (Lipinski definition) is 9. The molecule has 0 fully saturated rings. The van der Waals surface area contributed by atoms with Gasteiger partial charge in [0.15, 0.2) is 12.4 Å². The zero-order valence-corrected chi connectivity index (χ0v) is 14.9. The molecule has 0 aliphatic rings. The molecule has 10 heteroatoms. The number of carbonyl (C=O) groups is 2. The van der Waals surface area contributed by atoms with Gasteiger partial charge in [0.1, 0.15) is 6.54 Å². The van der Waals surface area contributed by atoms with Gasteiger partial charge in [-0.25, -0.2) is 0 Å². The molecule has 0 atom stereocenters. The average Bonchev–Trinajstić information content (AvgIpc) is 3.20. The molecule has 0 radical (unpaired) electrons. The van der Waals surface area contributed by atoms with Crippen LogP contribution in [-0.4, -0.2) is 33.4 Å². The molecule has 3 rings (SSSR count). The summed E-state index contributed by atoms with van der Waals surface area (Å²) in [6.45, 7) is -0.448. The van der Waals surface area contributed by atoms with Crippen molar-refractivity contribution < 1.29 is 14.3 Å². The third-order valence-corrected chi connectivity index (χ3v) is 4.10. The minimum absolute atomic E-state index is 0.000443. The van der Waals surface area contributed by atoms with E-state index in [0.717, 1.165) is 5.69 Å². The predicted octanol–water partition coefficient (Wildman–Crippen LogP) is 1.73. The van der Waals surface area contributed by atoms with E-state index >= 15 is 0 Å². The molecule has 3 aromatic rings. The number of ether oxygens (including phenoxy) is 1. The number of nitrogen functional groups attached to an aromatic ring is 1. The fraction of sp³-hybridized carbons (Fsp3) is 0.118. The molecule has 9 nitrogen and oxygen atoms in total. The molecule has 0 unspecified atom stereocenters. The maximum absolute atomic E-state index is 11.8. The van der Waals surface area contributed by atoms with Crippen LogP contribution in [0.4, 0.5) is 17.6 Å². The number of nitrogens with zero attached hydrogens (tertiary/aromatic N) is 3. The van der Waals surface area contributed by atoms with Gasteiger partial charge in [-0.2, -0.15) is 15.0 Å². The highest BCUT2D eigenvalue weighted by atomic mass is 32.1. The molecule has 0 spiro atoms. The van der Waals surface area contributed by atoms with E-state index in [0.29, 0.717) is 4.88 Å². The molecule has 2 aromatic heterocycles. The fourth-order valence-electron chi connectivity index (χ4n) is 2.05. The van der Waals surface area contributed by atoms with Crippen LogP contribution in [0.3, 0.4) is 0 Å². The molecule has 1 aromatic carbocycles. The van der Waals surface area contributed by atoms with E-state index in [9.17, 15) is 9.59 Å². The molecule has 0 bridgehead atoms. The molecular formula is C17H16N6O3S. The van der Waals surface area contributed by atoms with Gasteiger partial charge in [-0.05, 0) is 23.6 Å². The molecule has 2 heterocycles. The minimum atomic E-state index is -0.614. The summed E-state index contributed by atoms with van der Waals surface area (Å²) in [6.07, 6.45) is 0. The standard InChI is InChI=1S/C17H16N6O3S/c18-16-21-13(22-17(23-16)20-11-5-2-1-3-6-11)10-26-14(24)9-19-15(25)12-7-4-8-27-12/h1-8H,9-10H2,(H,19,25)(H3,18,20,21,22,23). The lowest BCUT2D eigenvalue weighted by atomic mass is 10.3. The molecule has 0 aliphatic carbocycles. The van der Waals surface area contributed by atoms with Gasteiger partial charge in [0.05, 0.1) is 4.88 Å². The second kappa shape index (κ2) is 8.72. The van der Waals surface area contributed by atoms with Gasteiger partial charge in [0.25, 0.3) is 5.91 Å². The number of esters is 1. The Hall–Kier alpha value is -3.53. The topological polar surface area (TPSA) is 132 Å². The van der Waals surface area contributed by atoms with E-state index in [1.165, 1.54) is 11.3 Å². The Morgan fingerprint density at radius 3 is 2.63 bits per heavy atom. The first-order chi connectivity index (χ1) is 13.1. The second-order valence-electron chi connectivity index (χ2n) is 5.25. The third-order valence-electron chi connectivity index (χ3n) is 3.23. The number of nitrogens with one attached hydrogen (secondary N) is 2. The van der Waals surface area contributed by atoms with Crippen LogP contribution in [0, 0.1) is 0 Å². The van der Waals surface area contributed by atoms with E-state index in [1.807, 2.05) is 30.3 Å².